The smallest absolute Gasteiger partial charge is 0.235 e. The van der Waals surface area contributed by atoms with Crippen molar-refractivity contribution in [2.75, 3.05) is 24.2 Å². The number of hydrogen-bond acceptors (Lipinski definition) is 6. The minimum absolute atomic E-state index is 0.0835. The molecule has 2 aromatic heterocycles. The molecule has 1 amide bonds. The standard InChI is InChI=1S/C22H29N7OS/c1-17-13-19(27(2)26-17)23-21(30)16-31-22-25-24-20(15-28-11-7-4-8-12-28)29(22)14-18-9-5-3-6-10-18/h3,5-6,9-10,13H,4,7-8,11-12,14-16H2,1-2H3,(H,23,30). The first-order valence-corrected chi connectivity index (χ1v) is 11.7. The van der Waals surface area contributed by atoms with E-state index in [1.54, 1.807) is 4.68 Å². The van der Waals surface area contributed by atoms with E-state index in [1.165, 1.54) is 36.6 Å². The highest BCUT2D eigenvalue weighted by Gasteiger charge is 2.19. The summed E-state index contributed by atoms with van der Waals surface area (Å²) in [5, 5.41) is 16.9. The van der Waals surface area contributed by atoms with Crippen molar-refractivity contribution in [1.29, 1.82) is 0 Å². The summed E-state index contributed by atoms with van der Waals surface area (Å²) in [5.41, 5.74) is 2.06. The van der Waals surface area contributed by atoms with Gasteiger partial charge >= 0.3 is 0 Å². The van der Waals surface area contributed by atoms with Crippen LogP contribution < -0.4 is 5.32 Å². The number of hydrogen-bond donors (Lipinski definition) is 1. The van der Waals surface area contributed by atoms with Crippen LogP contribution in [0.5, 0.6) is 0 Å². The van der Waals surface area contributed by atoms with Crippen molar-refractivity contribution in [2.45, 2.75) is 44.4 Å². The van der Waals surface area contributed by atoms with Gasteiger partial charge in [0.2, 0.25) is 5.91 Å². The molecule has 3 aromatic rings. The van der Waals surface area contributed by atoms with Crippen molar-refractivity contribution in [1.82, 2.24) is 29.4 Å². The average molecular weight is 440 g/mol. The van der Waals surface area contributed by atoms with Gasteiger partial charge in [0.05, 0.1) is 24.5 Å². The number of carbonyl (C=O) groups excluding carboxylic acids is 1. The highest BCUT2D eigenvalue weighted by Crippen LogP contribution is 2.21. The number of nitrogens with one attached hydrogen (secondary N) is 1. The summed E-state index contributed by atoms with van der Waals surface area (Å²) in [4.78, 5) is 14.9. The van der Waals surface area contributed by atoms with Crippen LogP contribution >= 0.6 is 11.8 Å². The van der Waals surface area contributed by atoms with Gasteiger partial charge in [0.25, 0.3) is 0 Å². The summed E-state index contributed by atoms with van der Waals surface area (Å²) >= 11 is 1.42. The highest BCUT2D eigenvalue weighted by atomic mass is 32.2. The molecule has 1 aromatic carbocycles. The number of aryl methyl sites for hydroxylation is 2. The molecule has 0 aliphatic carbocycles. The van der Waals surface area contributed by atoms with E-state index < -0.39 is 0 Å². The van der Waals surface area contributed by atoms with Crippen molar-refractivity contribution in [2.24, 2.45) is 7.05 Å². The number of nitrogens with zero attached hydrogens (tertiary/aromatic N) is 6. The molecule has 0 unspecified atom stereocenters. The summed E-state index contributed by atoms with van der Waals surface area (Å²) < 4.78 is 3.82. The topological polar surface area (TPSA) is 80.9 Å². The molecular weight excluding hydrogens is 410 g/mol. The van der Waals surface area contributed by atoms with Crippen LogP contribution in [0, 0.1) is 6.92 Å². The van der Waals surface area contributed by atoms with E-state index >= 15 is 0 Å². The molecule has 1 saturated heterocycles. The van der Waals surface area contributed by atoms with Crippen molar-refractivity contribution >= 4 is 23.5 Å². The van der Waals surface area contributed by atoms with E-state index in [0.717, 1.165) is 36.3 Å². The Labute approximate surface area is 187 Å². The normalized spacial score (nSPS) is 14.6. The third-order valence-corrected chi connectivity index (χ3v) is 6.36. The third kappa shape index (κ3) is 5.74. The fourth-order valence-electron chi connectivity index (χ4n) is 3.82. The maximum absolute atomic E-state index is 12.5. The number of thioether (sulfide) groups is 1. The number of anilines is 1. The van der Waals surface area contributed by atoms with E-state index in [2.05, 4.69) is 42.2 Å². The first kappa shape index (κ1) is 21.6. The van der Waals surface area contributed by atoms with Crippen LogP contribution in [0.25, 0.3) is 0 Å². The van der Waals surface area contributed by atoms with Crippen LogP contribution in [0.1, 0.15) is 36.3 Å². The van der Waals surface area contributed by atoms with Gasteiger partial charge in [-0.2, -0.15) is 5.10 Å². The zero-order chi connectivity index (χ0) is 21.6. The van der Waals surface area contributed by atoms with E-state index in [9.17, 15) is 4.79 Å². The van der Waals surface area contributed by atoms with Crippen LogP contribution in [0.15, 0.2) is 41.6 Å². The second kappa shape index (κ2) is 10.1. The Morgan fingerprint density at radius 1 is 1.10 bits per heavy atom. The molecule has 31 heavy (non-hydrogen) atoms. The van der Waals surface area contributed by atoms with Crippen molar-refractivity contribution in [3.63, 3.8) is 0 Å². The molecule has 8 nitrogen and oxygen atoms in total. The minimum Gasteiger partial charge on any atom is -0.310 e. The fourth-order valence-corrected chi connectivity index (χ4v) is 4.58. The van der Waals surface area contributed by atoms with E-state index in [4.69, 9.17) is 0 Å². The maximum atomic E-state index is 12.5. The van der Waals surface area contributed by atoms with Gasteiger partial charge in [0.1, 0.15) is 11.6 Å². The number of aromatic nitrogens is 5. The van der Waals surface area contributed by atoms with Crippen molar-refractivity contribution in [3.05, 3.63) is 53.5 Å². The van der Waals surface area contributed by atoms with E-state index in [-0.39, 0.29) is 11.7 Å². The van der Waals surface area contributed by atoms with Gasteiger partial charge in [-0.15, -0.1) is 10.2 Å². The lowest BCUT2D eigenvalue weighted by Gasteiger charge is -2.26. The Balaban J connectivity index is 1.46. The number of rotatable bonds is 8. The van der Waals surface area contributed by atoms with E-state index in [1.807, 2.05) is 38.2 Å². The monoisotopic (exact) mass is 439 g/mol. The van der Waals surface area contributed by atoms with E-state index in [0.29, 0.717) is 12.4 Å². The predicted octanol–water partition coefficient (Wildman–Crippen LogP) is 3.09. The number of piperidine rings is 1. The SMILES string of the molecule is Cc1cc(NC(=O)CSc2nnc(CN3CCCCC3)n2Cc2ccccc2)n(C)n1. The van der Waals surface area contributed by atoms with Crippen LogP contribution in [-0.2, 0) is 24.9 Å². The molecule has 3 heterocycles. The number of likely N-dealkylation sites (tertiary alicyclic amines) is 1. The maximum Gasteiger partial charge on any atom is 0.235 e. The first-order valence-electron chi connectivity index (χ1n) is 10.7. The lowest BCUT2D eigenvalue weighted by molar-refractivity contribution is -0.113. The van der Waals surface area contributed by atoms with Gasteiger partial charge in [0, 0.05) is 13.1 Å². The number of amides is 1. The lowest BCUT2D eigenvalue weighted by atomic mass is 10.1. The average Bonchev–Trinajstić information content (AvgIpc) is 3.29. The summed E-state index contributed by atoms with van der Waals surface area (Å²) in [6.45, 7) is 5.60. The molecule has 0 spiro atoms. The number of benzene rings is 1. The van der Waals surface area contributed by atoms with Gasteiger partial charge in [0.15, 0.2) is 5.16 Å². The minimum atomic E-state index is -0.0835. The zero-order valence-electron chi connectivity index (χ0n) is 18.1. The first-order chi connectivity index (χ1) is 15.1. The molecule has 1 N–H and O–H groups in total. The summed E-state index contributed by atoms with van der Waals surface area (Å²) in [5.74, 6) is 1.83. The molecule has 4 rings (SSSR count). The Kier molecular flexibility index (Phi) is 7.03. The van der Waals surface area contributed by atoms with Gasteiger partial charge in [-0.1, -0.05) is 48.5 Å². The molecule has 1 aliphatic heterocycles. The van der Waals surface area contributed by atoms with Crippen molar-refractivity contribution in [3.8, 4) is 0 Å². The van der Waals surface area contributed by atoms with Crippen LogP contribution in [-0.4, -0.2) is 54.2 Å². The Bertz CT molecular complexity index is 1010. The summed E-state index contributed by atoms with van der Waals surface area (Å²) in [6.07, 6.45) is 3.78. The molecule has 164 valence electrons. The summed E-state index contributed by atoms with van der Waals surface area (Å²) in [7, 11) is 1.82. The largest absolute Gasteiger partial charge is 0.310 e. The summed E-state index contributed by atoms with van der Waals surface area (Å²) in [6, 6.07) is 12.2. The van der Waals surface area contributed by atoms with Crippen LogP contribution in [0.4, 0.5) is 5.82 Å². The molecule has 0 atom stereocenters. The van der Waals surface area contributed by atoms with Gasteiger partial charge in [-0.3, -0.25) is 14.4 Å². The Morgan fingerprint density at radius 2 is 1.87 bits per heavy atom. The van der Waals surface area contributed by atoms with Gasteiger partial charge in [-0.05, 0) is 38.4 Å². The molecule has 1 fully saturated rings. The van der Waals surface area contributed by atoms with Gasteiger partial charge in [-0.25, -0.2) is 0 Å². The third-order valence-electron chi connectivity index (χ3n) is 5.39. The Hall–Kier alpha value is -2.65. The predicted molar refractivity (Wildman–Crippen MR) is 122 cm³/mol. The van der Waals surface area contributed by atoms with Crippen molar-refractivity contribution < 1.29 is 4.79 Å². The highest BCUT2D eigenvalue weighted by molar-refractivity contribution is 7.99. The van der Waals surface area contributed by atoms with Crippen LogP contribution in [0.2, 0.25) is 0 Å². The molecule has 0 bridgehead atoms. The second-order valence-corrected chi connectivity index (χ2v) is 8.88. The molecule has 0 radical (unpaired) electrons. The molecule has 9 heteroatoms. The Morgan fingerprint density at radius 3 is 2.58 bits per heavy atom. The molecule has 1 aliphatic rings. The lowest BCUT2D eigenvalue weighted by Crippen LogP contribution is -2.30. The zero-order valence-corrected chi connectivity index (χ0v) is 18.9. The quantitative estimate of drug-likeness (QED) is 0.543. The molecule has 0 saturated carbocycles. The van der Waals surface area contributed by atoms with Crippen LogP contribution in [0.3, 0.4) is 0 Å². The second-order valence-electron chi connectivity index (χ2n) is 7.94. The molecular formula is C22H29N7OS. The van der Waals surface area contributed by atoms with Gasteiger partial charge < -0.3 is 9.88 Å². The number of carbonyl (C=O) groups is 1. The fraction of sp³-hybridized carbons (Fsp3) is 0.455.